The summed E-state index contributed by atoms with van der Waals surface area (Å²) in [7, 11) is 0. The Morgan fingerprint density at radius 1 is 1.24 bits per heavy atom. The van der Waals surface area contributed by atoms with Crippen molar-refractivity contribution in [3.63, 3.8) is 0 Å². The highest BCUT2D eigenvalue weighted by Crippen LogP contribution is 2.30. The van der Waals surface area contributed by atoms with Gasteiger partial charge in [-0.05, 0) is 30.7 Å². The molecule has 0 radical (unpaired) electrons. The number of hydrogen-bond acceptors (Lipinski definition) is 4. The number of carbonyl (C=O) groups excluding carboxylic acids is 1. The van der Waals surface area contributed by atoms with Gasteiger partial charge in [-0.1, -0.05) is 37.3 Å². The molecular formula is C19H27NO5. The maximum atomic E-state index is 12.3. The van der Waals surface area contributed by atoms with Gasteiger partial charge in [-0.2, -0.15) is 0 Å². The van der Waals surface area contributed by atoms with Crippen molar-refractivity contribution in [2.24, 2.45) is 5.92 Å². The fourth-order valence-electron chi connectivity index (χ4n) is 3.53. The Bertz CT molecular complexity index is 576. The second kappa shape index (κ2) is 8.97. The van der Waals surface area contributed by atoms with E-state index in [1.165, 1.54) is 0 Å². The molecule has 2 rings (SSSR count). The van der Waals surface area contributed by atoms with Gasteiger partial charge in [0.05, 0.1) is 18.6 Å². The van der Waals surface area contributed by atoms with Crippen LogP contribution < -0.4 is 0 Å². The van der Waals surface area contributed by atoms with E-state index in [0.717, 1.165) is 5.56 Å². The summed E-state index contributed by atoms with van der Waals surface area (Å²) in [4.78, 5) is 24.7. The van der Waals surface area contributed by atoms with Crippen LogP contribution in [0.25, 0.3) is 0 Å². The van der Waals surface area contributed by atoms with Crippen LogP contribution in [-0.4, -0.2) is 50.3 Å². The fraction of sp³-hybridized carbons (Fsp3) is 0.579. The SMILES string of the molecule is CC1CC(=O)N(Cc2ccccc2)C1CCC(O)CC(O)CC(=O)O. The van der Waals surface area contributed by atoms with Crippen LogP contribution in [0.15, 0.2) is 30.3 Å². The number of likely N-dealkylation sites (tertiary alicyclic amines) is 1. The summed E-state index contributed by atoms with van der Waals surface area (Å²) in [5.41, 5.74) is 1.08. The lowest BCUT2D eigenvalue weighted by molar-refractivity contribution is -0.139. The molecule has 0 bridgehead atoms. The lowest BCUT2D eigenvalue weighted by Crippen LogP contribution is -2.35. The zero-order valence-electron chi connectivity index (χ0n) is 14.5. The van der Waals surface area contributed by atoms with Gasteiger partial charge < -0.3 is 20.2 Å². The number of aliphatic hydroxyl groups excluding tert-OH is 2. The lowest BCUT2D eigenvalue weighted by Gasteiger charge is -2.28. The van der Waals surface area contributed by atoms with Crippen LogP contribution in [0.1, 0.15) is 44.6 Å². The standard InChI is InChI=1S/C19H27NO5/c1-13-9-18(23)20(12-14-5-3-2-4-6-14)17(13)8-7-15(21)10-16(22)11-19(24)25/h2-6,13,15-17,21-22H,7-12H2,1H3,(H,24,25). The van der Waals surface area contributed by atoms with E-state index in [4.69, 9.17) is 5.11 Å². The van der Waals surface area contributed by atoms with E-state index in [9.17, 15) is 19.8 Å². The van der Waals surface area contributed by atoms with E-state index in [0.29, 0.717) is 25.8 Å². The molecule has 1 aliphatic rings. The van der Waals surface area contributed by atoms with E-state index < -0.39 is 18.2 Å². The third-order valence-electron chi connectivity index (χ3n) is 4.82. The molecule has 1 amide bonds. The van der Waals surface area contributed by atoms with Crippen molar-refractivity contribution in [2.75, 3.05) is 0 Å². The lowest BCUT2D eigenvalue weighted by atomic mass is 9.95. The van der Waals surface area contributed by atoms with Crippen molar-refractivity contribution in [3.8, 4) is 0 Å². The van der Waals surface area contributed by atoms with Crippen molar-refractivity contribution in [3.05, 3.63) is 35.9 Å². The Balaban J connectivity index is 1.89. The van der Waals surface area contributed by atoms with Crippen LogP contribution in [0.5, 0.6) is 0 Å². The van der Waals surface area contributed by atoms with Crippen LogP contribution >= 0.6 is 0 Å². The second-order valence-electron chi connectivity index (χ2n) is 6.97. The first-order chi connectivity index (χ1) is 11.9. The Kier molecular flexibility index (Phi) is 6.96. The number of aliphatic hydroxyl groups is 2. The smallest absolute Gasteiger partial charge is 0.305 e. The number of hydrogen-bond donors (Lipinski definition) is 3. The fourth-order valence-corrected chi connectivity index (χ4v) is 3.53. The van der Waals surface area contributed by atoms with Gasteiger partial charge in [0.15, 0.2) is 0 Å². The van der Waals surface area contributed by atoms with Crippen LogP contribution in [-0.2, 0) is 16.1 Å². The van der Waals surface area contributed by atoms with E-state index in [1.807, 2.05) is 42.2 Å². The number of rotatable bonds is 9. The molecule has 4 unspecified atom stereocenters. The summed E-state index contributed by atoms with van der Waals surface area (Å²) >= 11 is 0. The van der Waals surface area contributed by atoms with Gasteiger partial charge in [0.25, 0.3) is 0 Å². The number of nitrogens with zero attached hydrogens (tertiary/aromatic N) is 1. The molecule has 1 aromatic rings. The molecule has 1 fully saturated rings. The zero-order chi connectivity index (χ0) is 18.4. The average Bonchev–Trinajstić information content (AvgIpc) is 2.79. The predicted octanol–water partition coefficient (Wildman–Crippen LogP) is 1.79. The Hall–Kier alpha value is -1.92. The van der Waals surface area contributed by atoms with Gasteiger partial charge in [0.1, 0.15) is 0 Å². The largest absolute Gasteiger partial charge is 0.481 e. The molecule has 1 heterocycles. The molecule has 4 atom stereocenters. The van der Waals surface area contributed by atoms with Gasteiger partial charge in [0.2, 0.25) is 5.91 Å². The summed E-state index contributed by atoms with van der Waals surface area (Å²) in [6.45, 7) is 2.60. The molecule has 6 nitrogen and oxygen atoms in total. The summed E-state index contributed by atoms with van der Waals surface area (Å²) in [6.07, 6.45) is -0.554. The monoisotopic (exact) mass is 349 g/mol. The number of amides is 1. The van der Waals surface area contributed by atoms with Crippen molar-refractivity contribution in [1.29, 1.82) is 0 Å². The highest BCUT2D eigenvalue weighted by Gasteiger charge is 2.36. The van der Waals surface area contributed by atoms with Crippen molar-refractivity contribution in [2.45, 2.75) is 63.8 Å². The van der Waals surface area contributed by atoms with Gasteiger partial charge in [0, 0.05) is 19.0 Å². The maximum absolute atomic E-state index is 12.3. The van der Waals surface area contributed by atoms with E-state index in [1.54, 1.807) is 0 Å². The quantitative estimate of drug-likeness (QED) is 0.631. The second-order valence-corrected chi connectivity index (χ2v) is 6.97. The van der Waals surface area contributed by atoms with Gasteiger partial charge in [-0.3, -0.25) is 9.59 Å². The number of carboxylic acids is 1. The third kappa shape index (κ3) is 5.83. The predicted molar refractivity (Wildman–Crippen MR) is 92.7 cm³/mol. The molecule has 0 aliphatic carbocycles. The number of carboxylic acid groups (broad SMARTS) is 1. The van der Waals surface area contributed by atoms with Crippen molar-refractivity contribution in [1.82, 2.24) is 4.90 Å². The minimum absolute atomic E-state index is 0.0417. The first-order valence-corrected chi connectivity index (χ1v) is 8.78. The maximum Gasteiger partial charge on any atom is 0.305 e. The average molecular weight is 349 g/mol. The first kappa shape index (κ1) is 19.4. The molecule has 1 saturated heterocycles. The van der Waals surface area contributed by atoms with Gasteiger partial charge >= 0.3 is 5.97 Å². The zero-order valence-corrected chi connectivity index (χ0v) is 14.5. The molecule has 6 heteroatoms. The van der Waals surface area contributed by atoms with Gasteiger partial charge in [-0.15, -0.1) is 0 Å². The van der Waals surface area contributed by atoms with Crippen LogP contribution in [0.4, 0.5) is 0 Å². The van der Waals surface area contributed by atoms with Crippen molar-refractivity contribution >= 4 is 11.9 Å². The molecule has 25 heavy (non-hydrogen) atoms. The molecule has 0 spiro atoms. The summed E-state index contributed by atoms with van der Waals surface area (Å²) < 4.78 is 0. The Labute approximate surface area is 148 Å². The third-order valence-corrected chi connectivity index (χ3v) is 4.82. The van der Waals surface area contributed by atoms with E-state index >= 15 is 0 Å². The summed E-state index contributed by atoms with van der Waals surface area (Å²) in [5.74, 6) is -0.738. The first-order valence-electron chi connectivity index (χ1n) is 8.78. The van der Waals surface area contributed by atoms with Crippen LogP contribution in [0.3, 0.4) is 0 Å². The molecular weight excluding hydrogens is 322 g/mol. The van der Waals surface area contributed by atoms with Gasteiger partial charge in [-0.25, -0.2) is 0 Å². The van der Waals surface area contributed by atoms with Crippen LogP contribution in [0, 0.1) is 5.92 Å². The van der Waals surface area contributed by atoms with Crippen molar-refractivity contribution < 1.29 is 24.9 Å². The molecule has 1 aliphatic heterocycles. The molecule has 0 aromatic heterocycles. The Morgan fingerprint density at radius 2 is 1.92 bits per heavy atom. The number of aliphatic carboxylic acids is 1. The summed E-state index contributed by atoms with van der Waals surface area (Å²) in [6, 6.07) is 9.87. The van der Waals surface area contributed by atoms with Crippen LogP contribution in [0.2, 0.25) is 0 Å². The number of benzene rings is 1. The highest BCUT2D eigenvalue weighted by atomic mass is 16.4. The normalized spacial score (nSPS) is 22.8. The highest BCUT2D eigenvalue weighted by molar-refractivity contribution is 5.79. The molecule has 138 valence electrons. The number of carbonyl (C=O) groups is 2. The summed E-state index contributed by atoms with van der Waals surface area (Å²) in [5, 5.41) is 28.3. The minimum atomic E-state index is -1.08. The van der Waals surface area contributed by atoms with E-state index in [2.05, 4.69) is 0 Å². The van der Waals surface area contributed by atoms with E-state index in [-0.39, 0.29) is 30.7 Å². The topological polar surface area (TPSA) is 98.1 Å². The molecule has 3 N–H and O–H groups in total. The molecule has 0 saturated carbocycles. The minimum Gasteiger partial charge on any atom is -0.481 e. The Morgan fingerprint density at radius 3 is 2.56 bits per heavy atom. The molecule has 1 aromatic carbocycles.